The molecule has 2 aromatic carbocycles. The monoisotopic (exact) mass is 393 g/mol. The Labute approximate surface area is 169 Å². The molecule has 0 aliphatic rings. The molecule has 5 nitrogen and oxygen atoms in total. The normalized spacial score (nSPS) is 11.5. The van der Waals surface area contributed by atoms with E-state index >= 15 is 0 Å². The fraction of sp³-hybridized carbons (Fsp3) is 0.273. The van der Waals surface area contributed by atoms with Gasteiger partial charge in [-0.1, -0.05) is 13.3 Å². The average molecular weight is 394 g/mol. The number of nitrogens with zero attached hydrogens (tertiary/aromatic N) is 2. The van der Waals surface area contributed by atoms with E-state index in [0.717, 1.165) is 41.4 Å². The Morgan fingerprint density at radius 2 is 1.71 bits per heavy atom. The van der Waals surface area contributed by atoms with E-state index in [1.165, 1.54) is 0 Å². The molecule has 0 radical (unpaired) electrons. The first-order chi connectivity index (χ1) is 13.7. The summed E-state index contributed by atoms with van der Waals surface area (Å²) in [5.74, 6) is 1.45. The molecule has 1 unspecified atom stereocenters. The van der Waals surface area contributed by atoms with Crippen molar-refractivity contribution in [3.63, 3.8) is 0 Å². The Hall–Kier alpha value is -3.04. The van der Waals surface area contributed by atoms with E-state index in [-0.39, 0.29) is 6.29 Å². The number of thiazole rings is 1. The summed E-state index contributed by atoms with van der Waals surface area (Å²) in [4.78, 5) is 4.52. The summed E-state index contributed by atoms with van der Waals surface area (Å²) in [6.07, 6.45) is 2.47. The van der Waals surface area contributed by atoms with Gasteiger partial charge < -0.3 is 14.8 Å². The fourth-order valence-electron chi connectivity index (χ4n) is 2.65. The second kappa shape index (κ2) is 9.77. The minimum Gasteiger partial charge on any atom is -0.455 e. The number of anilines is 1. The van der Waals surface area contributed by atoms with Crippen molar-refractivity contribution in [3.05, 3.63) is 59.5 Å². The molecule has 1 aromatic heterocycles. The Bertz CT molecular complexity index is 914. The molecule has 6 heteroatoms. The SMILES string of the molecule is CCCCC(Oc1ccc(C#N)cc1)Oc1ccc(-c2csc(NC)n2)cc1. The number of aromatic nitrogens is 1. The lowest BCUT2D eigenvalue weighted by Crippen LogP contribution is -2.23. The van der Waals surface area contributed by atoms with Crippen LogP contribution in [0, 0.1) is 11.3 Å². The van der Waals surface area contributed by atoms with Crippen molar-refractivity contribution in [1.82, 2.24) is 4.98 Å². The Morgan fingerprint density at radius 1 is 1.07 bits per heavy atom. The first-order valence-electron chi connectivity index (χ1n) is 9.29. The number of benzene rings is 2. The van der Waals surface area contributed by atoms with Gasteiger partial charge in [-0.25, -0.2) is 4.98 Å². The van der Waals surface area contributed by atoms with Crippen LogP contribution < -0.4 is 14.8 Å². The molecule has 0 spiro atoms. The molecule has 0 saturated carbocycles. The fourth-order valence-corrected chi connectivity index (χ4v) is 3.33. The van der Waals surface area contributed by atoms with Crippen LogP contribution in [-0.4, -0.2) is 18.3 Å². The maximum absolute atomic E-state index is 8.92. The minimum atomic E-state index is -0.381. The maximum atomic E-state index is 8.92. The van der Waals surface area contributed by atoms with Gasteiger partial charge in [0.25, 0.3) is 0 Å². The van der Waals surface area contributed by atoms with E-state index in [1.54, 1.807) is 35.6 Å². The number of nitriles is 1. The standard InChI is InChI=1S/C22H23N3O2S/c1-3-4-5-21(26-18-10-6-16(14-23)7-11-18)27-19-12-8-17(9-13-19)20-15-28-22(24-2)25-20/h6-13,15,21H,3-5H2,1-2H3,(H,24,25). The zero-order valence-corrected chi connectivity index (χ0v) is 16.8. The van der Waals surface area contributed by atoms with Gasteiger partial charge in [0, 0.05) is 24.4 Å². The second-order valence-electron chi connectivity index (χ2n) is 6.26. The molecule has 0 aliphatic heterocycles. The molecule has 0 fully saturated rings. The average Bonchev–Trinajstić information content (AvgIpc) is 3.22. The van der Waals surface area contributed by atoms with Crippen molar-refractivity contribution < 1.29 is 9.47 Å². The first-order valence-corrected chi connectivity index (χ1v) is 10.2. The maximum Gasteiger partial charge on any atom is 0.241 e. The Morgan fingerprint density at radius 3 is 2.25 bits per heavy atom. The van der Waals surface area contributed by atoms with Crippen LogP contribution >= 0.6 is 11.3 Å². The highest BCUT2D eigenvalue weighted by atomic mass is 32.1. The third-order valence-electron chi connectivity index (χ3n) is 4.18. The smallest absolute Gasteiger partial charge is 0.241 e. The van der Waals surface area contributed by atoms with Gasteiger partial charge in [0.05, 0.1) is 17.3 Å². The first kappa shape index (κ1) is 19.7. The summed E-state index contributed by atoms with van der Waals surface area (Å²) in [7, 11) is 1.86. The topological polar surface area (TPSA) is 67.2 Å². The minimum absolute atomic E-state index is 0.381. The van der Waals surface area contributed by atoms with Gasteiger partial charge in [-0.05, 0) is 55.0 Å². The van der Waals surface area contributed by atoms with E-state index in [9.17, 15) is 0 Å². The van der Waals surface area contributed by atoms with E-state index in [2.05, 4.69) is 23.3 Å². The molecule has 3 rings (SSSR count). The van der Waals surface area contributed by atoms with E-state index in [4.69, 9.17) is 14.7 Å². The Balaban J connectivity index is 1.68. The lowest BCUT2D eigenvalue weighted by Gasteiger charge is -2.20. The van der Waals surface area contributed by atoms with Crippen LogP contribution in [0.2, 0.25) is 0 Å². The summed E-state index contributed by atoms with van der Waals surface area (Å²) < 4.78 is 12.1. The van der Waals surface area contributed by atoms with E-state index in [1.807, 2.05) is 36.7 Å². The molecule has 0 amide bonds. The number of rotatable bonds is 9. The third kappa shape index (κ3) is 5.24. The van der Waals surface area contributed by atoms with Crippen molar-refractivity contribution in [2.75, 3.05) is 12.4 Å². The highest BCUT2D eigenvalue weighted by Gasteiger charge is 2.13. The van der Waals surface area contributed by atoms with Gasteiger partial charge in [-0.3, -0.25) is 0 Å². The van der Waals surface area contributed by atoms with E-state index in [0.29, 0.717) is 11.3 Å². The number of hydrogen-bond donors (Lipinski definition) is 1. The van der Waals surface area contributed by atoms with Crippen LogP contribution in [0.3, 0.4) is 0 Å². The van der Waals surface area contributed by atoms with Gasteiger partial charge in [0.1, 0.15) is 11.5 Å². The predicted molar refractivity (Wildman–Crippen MR) is 113 cm³/mol. The van der Waals surface area contributed by atoms with Crippen LogP contribution in [0.15, 0.2) is 53.9 Å². The van der Waals surface area contributed by atoms with Crippen LogP contribution in [0.25, 0.3) is 11.3 Å². The summed E-state index contributed by atoms with van der Waals surface area (Å²) in [5.41, 5.74) is 2.60. The molecule has 0 saturated heterocycles. The zero-order chi connectivity index (χ0) is 19.8. The molecule has 3 aromatic rings. The van der Waals surface area contributed by atoms with Crippen LogP contribution in [0.1, 0.15) is 31.7 Å². The van der Waals surface area contributed by atoms with Crippen molar-refractivity contribution in [1.29, 1.82) is 5.26 Å². The molecule has 1 heterocycles. The number of hydrogen-bond acceptors (Lipinski definition) is 6. The van der Waals surface area contributed by atoms with Gasteiger partial charge in [0.15, 0.2) is 5.13 Å². The number of nitrogens with one attached hydrogen (secondary N) is 1. The van der Waals surface area contributed by atoms with E-state index < -0.39 is 0 Å². The van der Waals surface area contributed by atoms with Gasteiger partial charge in [-0.15, -0.1) is 11.3 Å². The van der Waals surface area contributed by atoms with Crippen LogP contribution in [0.5, 0.6) is 11.5 Å². The quantitative estimate of drug-likeness (QED) is 0.473. The molecular weight excluding hydrogens is 370 g/mol. The zero-order valence-electron chi connectivity index (χ0n) is 16.0. The largest absolute Gasteiger partial charge is 0.455 e. The van der Waals surface area contributed by atoms with Gasteiger partial charge in [0.2, 0.25) is 6.29 Å². The van der Waals surface area contributed by atoms with Crippen molar-refractivity contribution in [2.45, 2.75) is 32.5 Å². The lowest BCUT2D eigenvalue weighted by atomic mass is 10.2. The Kier molecular flexibility index (Phi) is 6.88. The lowest BCUT2D eigenvalue weighted by molar-refractivity contribution is -0.00211. The predicted octanol–water partition coefficient (Wildman–Crippen LogP) is 5.70. The van der Waals surface area contributed by atoms with Crippen LogP contribution in [0.4, 0.5) is 5.13 Å². The molecule has 1 N–H and O–H groups in total. The van der Waals surface area contributed by atoms with Crippen molar-refractivity contribution >= 4 is 16.5 Å². The van der Waals surface area contributed by atoms with Crippen LogP contribution in [-0.2, 0) is 0 Å². The molecular formula is C22H23N3O2S. The summed E-state index contributed by atoms with van der Waals surface area (Å²) >= 11 is 1.58. The highest BCUT2D eigenvalue weighted by molar-refractivity contribution is 7.14. The molecule has 144 valence electrons. The van der Waals surface area contributed by atoms with Gasteiger partial charge in [-0.2, -0.15) is 5.26 Å². The number of unbranched alkanes of at least 4 members (excludes halogenated alkanes) is 1. The molecule has 0 aliphatic carbocycles. The summed E-state index contributed by atoms with van der Waals surface area (Å²) in [6, 6.07) is 17.1. The highest BCUT2D eigenvalue weighted by Crippen LogP contribution is 2.27. The van der Waals surface area contributed by atoms with Crippen molar-refractivity contribution in [2.24, 2.45) is 0 Å². The summed E-state index contributed by atoms with van der Waals surface area (Å²) in [6.45, 7) is 2.14. The van der Waals surface area contributed by atoms with Gasteiger partial charge >= 0.3 is 0 Å². The molecule has 28 heavy (non-hydrogen) atoms. The molecule has 1 atom stereocenters. The summed E-state index contributed by atoms with van der Waals surface area (Å²) in [5, 5.41) is 14.9. The molecule has 0 bridgehead atoms. The number of ether oxygens (including phenoxy) is 2. The second-order valence-corrected chi connectivity index (χ2v) is 7.11. The third-order valence-corrected chi connectivity index (χ3v) is 5.04. The van der Waals surface area contributed by atoms with Crippen molar-refractivity contribution in [3.8, 4) is 28.8 Å².